The molecule has 0 N–H and O–H groups in total. The van der Waals surface area contributed by atoms with E-state index in [9.17, 15) is 4.79 Å². The number of hydrogen-bond acceptors (Lipinski definition) is 3. The summed E-state index contributed by atoms with van der Waals surface area (Å²) in [4.78, 5) is 13.0. The Bertz CT molecular complexity index is 317. The third-order valence-electron chi connectivity index (χ3n) is 2.55. The van der Waals surface area contributed by atoms with E-state index in [1.807, 2.05) is 18.4 Å². The molecule has 0 saturated carbocycles. The molecule has 2 nitrogen and oxygen atoms in total. The lowest BCUT2D eigenvalue weighted by Crippen LogP contribution is -2.13. The fraction of sp³-hybridized carbons (Fsp3) is 0.583. The molecule has 0 aliphatic carbocycles. The average Bonchev–Trinajstić information content (AvgIpc) is 2.72. The lowest BCUT2D eigenvalue weighted by atomic mass is 9.99. The van der Waals surface area contributed by atoms with E-state index in [0.29, 0.717) is 6.61 Å². The van der Waals surface area contributed by atoms with Crippen LogP contribution in [0.1, 0.15) is 35.5 Å². The quantitative estimate of drug-likeness (QED) is 0.696. The molecular weight excluding hydrogens is 208 g/mol. The first-order chi connectivity index (χ1) is 7.20. The molecule has 0 aliphatic rings. The van der Waals surface area contributed by atoms with Crippen LogP contribution in [0.25, 0.3) is 0 Å². The fourth-order valence-electron chi connectivity index (χ4n) is 1.48. The summed E-state index contributed by atoms with van der Waals surface area (Å²) in [7, 11) is 1.67. The molecule has 0 bridgehead atoms. The molecule has 84 valence electrons. The van der Waals surface area contributed by atoms with Crippen molar-refractivity contribution < 1.29 is 9.53 Å². The van der Waals surface area contributed by atoms with E-state index < -0.39 is 0 Å². The third kappa shape index (κ3) is 3.14. The number of rotatable bonds is 6. The van der Waals surface area contributed by atoms with Crippen LogP contribution in [0.3, 0.4) is 0 Å². The van der Waals surface area contributed by atoms with Gasteiger partial charge in [-0.2, -0.15) is 0 Å². The molecule has 0 saturated heterocycles. The Labute approximate surface area is 95.3 Å². The van der Waals surface area contributed by atoms with E-state index >= 15 is 0 Å². The van der Waals surface area contributed by atoms with Gasteiger partial charge in [0.25, 0.3) is 0 Å². The number of aryl methyl sites for hydroxylation is 1. The molecule has 0 fully saturated rings. The highest BCUT2D eigenvalue weighted by molar-refractivity contribution is 7.12. The number of ketones is 1. The van der Waals surface area contributed by atoms with Crippen LogP contribution in [0.2, 0.25) is 0 Å². The highest BCUT2D eigenvalue weighted by atomic mass is 32.1. The Hall–Kier alpha value is -0.670. The number of carbonyl (C=O) groups excluding carboxylic acids is 1. The standard InChI is InChI=1S/C12H18O2S/c1-4-10-6-8-15-12(10)11(13)9(2)5-7-14-3/h6,8-9H,4-5,7H2,1-3H3. The minimum absolute atomic E-state index is 0.0638. The van der Waals surface area contributed by atoms with E-state index in [2.05, 4.69) is 6.92 Å². The van der Waals surface area contributed by atoms with Crippen molar-refractivity contribution in [2.45, 2.75) is 26.7 Å². The second kappa shape index (κ2) is 6.03. The molecule has 0 spiro atoms. The Morgan fingerprint density at radius 1 is 1.60 bits per heavy atom. The van der Waals surface area contributed by atoms with Crippen molar-refractivity contribution in [2.24, 2.45) is 5.92 Å². The van der Waals surface area contributed by atoms with Crippen LogP contribution in [0.15, 0.2) is 11.4 Å². The SMILES string of the molecule is CCc1ccsc1C(=O)C(C)CCOC. The van der Waals surface area contributed by atoms with E-state index in [-0.39, 0.29) is 11.7 Å². The molecule has 1 unspecified atom stereocenters. The molecule has 15 heavy (non-hydrogen) atoms. The average molecular weight is 226 g/mol. The minimum Gasteiger partial charge on any atom is -0.385 e. The third-order valence-corrected chi connectivity index (χ3v) is 3.53. The maximum Gasteiger partial charge on any atom is 0.175 e. The zero-order chi connectivity index (χ0) is 11.3. The number of carbonyl (C=O) groups is 1. The van der Waals surface area contributed by atoms with E-state index in [1.165, 1.54) is 5.56 Å². The lowest BCUT2D eigenvalue weighted by Gasteiger charge is -2.09. The van der Waals surface area contributed by atoms with Gasteiger partial charge in [-0.15, -0.1) is 11.3 Å². The number of ether oxygens (including phenoxy) is 1. The van der Waals surface area contributed by atoms with Gasteiger partial charge in [-0.3, -0.25) is 4.79 Å². The minimum atomic E-state index is 0.0638. The van der Waals surface area contributed by atoms with Crippen molar-refractivity contribution in [3.05, 3.63) is 21.9 Å². The second-order valence-corrected chi connectivity index (χ2v) is 4.59. The fourth-order valence-corrected chi connectivity index (χ4v) is 2.53. The molecule has 0 amide bonds. The van der Waals surface area contributed by atoms with Crippen LogP contribution in [-0.2, 0) is 11.2 Å². The zero-order valence-electron chi connectivity index (χ0n) is 9.58. The summed E-state index contributed by atoms with van der Waals surface area (Å²) in [5.74, 6) is 0.327. The molecule has 0 aliphatic heterocycles. The van der Waals surface area contributed by atoms with Gasteiger partial charge in [-0.1, -0.05) is 13.8 Å². The molecule has 1 heterocycles. The summed E-state index contributed by atoms with van der Waals surface area (Å²) >= 11 is 1.55. The summed E-state index contributed by atoms with van der Waals surface area (Å²) in [6.07, 6.45) is 1.73. The predicted octanol–water partition coefficient (Wildman–Crippen LogP) is 3.17. The summed E-state index contributed by atoms with van der Waals surface area (Å²) < 4.78 is 4.99. The number of thiophene rings is 1. The molecule has 0 aromatic carbocycles. The van der Waals surface area contributed by atoms with E-state index in [4.69, 9.17) is 4.74 Å². The van der Waals surface area contributed by atoms with Gasteiger partial charge in [-0.25, -0.2) is 0 Å². The summed E-state index contributed by atoms with van der Waals surface area (Å²) in [5, 5.41) is 2.00. The van der Waals surface area contributed by atoms with Gasteiger partial charge < -0.3 is 4.74 Å². The van der Waals surface area contributed by atoms with Crippen LogP contribution >= 0.6 is 11.3 Å². The Morgan fingerprint density at radius 3 is 2.93 bits per heavy atom. The first kappa shape index (κ1) is 12.4. The van der Waals surface area contributed by atoms with Crippen LogP contribution in [0.4, 0.5) is 0 Å². The largest absolute Gasteiger partial charge is 0.385 e. The first-order valence-electron chi connectivity index (χ1n) is 5.30. The van der Waals surface area contributed by atoms with Crippen LogP contribution in [0.5, 0.6) is 0 Å². The lowest BCUT2D eigenvalue weighted by molar-refractivity contribution is 0.0897. The number of hydrogen-bond donors (Lipinski definition) is 0. The number of Topliss-reactive ketones (excluding diaryl/α,β-unsaturated/α-hetero) is 1. The van der Waals surface area contributed by atoms with E-state index in [0.717, 1.165) is 17.7 Å². The van der Waals surface area contributed by atoms with Crippen molar-refractivity contribution in [3.63, 3.8) is 0 Å². The van der Waals surface area contributed by atoms with Gasteiger partial charge in [0.1, 0.15) is 0 Å². The monoisotopic (exact) mass is 226 g/mol. The van der Waals surface area contributed by atoms with Crippen molar-refractivity contribution in [2.75, 3.05) is 13.7 Å². The Balaban J connectivity index is 2.67. The normalized spacial score (nSPS) is 12.7. The van der Waals surface area contributed by atoms with Crippen molar-refractivity contribution in [1.82, 2.24) is 0 Å². The molecule has 0 radical (unpaired) electrons. The summed E-state index contributed by atoms with van der Waals surface area (Å²) in [6, 6.07) is 2.04. The molecule has 1 rings (SSSR count). The second-order valence-electron chi connectivity index (χ2n) is 3.68. The molecular formula is C12H18O2S. The van der Waals surface area contributed by atoms with Crippen LogP contribution in [0, 0.1) is 5.92 Å². The molecule has 1 aromatic heterocycles. The Kier molecular flexibility index (Phi) is 4.99. The molecule has 3 heteroatoms. The van der Waals surface area contributed by atoms with Crippen molar-refractivity contribution in [1.29, 1.82) is 0 Å². The maximum absolute atomic E-state index is 12.0. The van der Waals surface area contributed by atoms with E-state index in [1.54, 1.807) is 18.4 Å². The predicted molar refractivity (Wildman–Crippen MR) is 63.7 cm³/mol. The molecule has 1 atom stereocenters. The first-order valence-corrected chi connectivity index (χ1v) is 6.18. The van der Waals surface area contributed by atoms with Gasteiger partial charge in [0, 0.05) is 19.6 Å². The van der Waals surface area contributed by atoms with Gasteiger partial charge >= 0.3 is 0 Å². The maximum atomic E-state index is 12.0. The smallest absolute Gasteiger partial charge is 0.175 e. The highest BCUT2D eigenvalue weighted by Gasteiger charge is 2.18. The van der Waals surface area contributed by atoms with Gasteiger partial charge in [-0.05, 0) is 29.9 Å². The summed E-state index contributed by atoms with van der Waals surface area (Å²) in [5.41, 5.74) is 1.18. The van der Waals surface area contributed by atoms with Gasteiger partial charge in [0.2, 0.25) is 0 Å². The summed E-state index contributed by atoms with van der Waals surface area (Å²) in [6.45, 7) is 4.71. The highest BCUT2D eigenvalue weighted by Crippen LogP contribution is 2.22. The van der Waals surface area contributed by atoms with Crippen molar-refractivity contribution in [3.8, 4) is 0 Å². The van der Waals surface area contributed by atoms with Crippen LogP contribution in [-0.4, -0.2) is 19.5 Å². The van der Waals surface area contributed by atoms with Gasteiger partial charge in [0.15, 0.2) is 5.78 Å². The van der Waals surface area contributed by atoms with Crippen LogP contribution < -0.4 is 0 Å². The Morgan fingerprint density at radius 2 is 2.33 bits per heavy atom. The molecule has 1 aromatic rings. The zero-order valence-corrected chi connectivity index (χ0v) is 10.4. The van der Waals surface area contributed by atoms with Gasteiger partial charge in [0.05, 0.1) is 4.88 Å². The number of methoxy groups -OCH3 is 1. The topological polar surface area (TPSA) is 26.3 Å². The van der Waals surface area contributed by atoms with Crippen molar-refractivity contribution >= 4 is 17.1 Å².